The van der Waals surface area contributed by atoms with Crippen LogP contribution in [0.1, 0.15) is 6.92 Å². The zero-order valence-corrected chi connectivity index (χ0v) is 7.37. The molecule has 1 atom stereocenters. The molecule has 1 unspecified atom stereocenters. The SMILES string of the molecule is CC(O)C(=O)OS(=O)(=O)CCN. The van der Waals surface area contributed by atoms with Crippen molar-refractivity contribution in [2.45, 2.75) is 13.0 Å². The van der Waals surface area contributed by atoms with Crippen LogP contribution in [0, 0.1) is 0 Å². The van der Waals surface area contributed by atoms with Gasteiger partial charge in [0.15, 0.2) is 0 Å². The van der Waals surface area contributed by atoms with Crippen LogP contribution in [-0.4, -0.2) is 37.9 Å². The molecule has 0 aromatic heterocycles. The van der Waals surface area contributed by atoms with Gasteiger partial charge in [-0.25, -0.2) is 4.79 Å². The Morgan fingerprint density at radius 2 is 2.17 bits per heavy atom. The lowest BCUT2D eigenvalue weighted by atomic mass is 10.4. The number of nitrogens with two attached hydrogens (primary N) is 1. The minimum absolute atomic E-state index is 0.130. The molecule has 0 aliphatic rings. The summed E-state index contributed by atoms with van der Waals surface area (Å²) in [5, 5.41) is 8.58. The van der Waals surface area contributed by atoms with Crippen molar-refractivity contribution in [3.63, 3.8) is 0 Å². The summed E-state index contributed by atoms with van der Waals surface area (Å²) in [4.78, 5) is 10.5. The molecule has 0 amide bonds. The maximum absolute atomic E-state index is 10.7. The third-order valence-corrected chi connectivity index (χ3v) is 2.07. The molecule has 0 rings (SSSR count). The monoisotopic (exact) mass is 197 g/mol. The van der Waals surface area contributed by atoms with Gasteiger partial charge in [-0.05, 0) is 6.92 Å². The van der Waals surface area contributed by atoms with E-state index in [1.54, 1.807) is 0 Å². The van der Waals surface area contributed by atoms with E-state index in [0.29, 0.717) is 0 Å². The highest BCUT2D eigenvalue weighted by Gasteiger charge is 2.19. The normalized spacial score (nSPS) is 13.9. The van der Waals surface area contributed by atoms with Gasteiger partial charge in [0.25, 0.3) is 0 Å². The molecule has 0 saturated heterocycles. The van der Waals surface area contributed by atoms with Gasteiger partial charge in [-0.15, -0.1) is 0 Å². The molecule has 0 aliphatic heterocycles. The summed E-state index contributed by atoms with van der Waals surface area (Å²) in [6, 6.07) is 0. The second kappa shape index (κ2) is 4.39. The molecule has 0 radical (unpaired) electrons. The van der Waals surface area contributed by atoms with Crippen LogP contribution in [0.25, 0.3) is 0 Å². The highest BCUT2D eigenvalue weighted by Crippen LogP contribution is 1.95. The van der Waals surface area contributed by atoms with Gasteiger partial charge in [-0.1, -0.05) is 0 Å². The Morgan fingerprint density at radius 1 is 1.67 bits per heavy atom. The minimum atomic E-state index is -3.91. The van der Waals surface area contributed by atoms with Crippen LogP contribution in [0.3, 0.4) is 0 Å². The minimum Gasteiger partial charge on any atom is -0.382 e. The summed E-state index contributed by atoms with van der Waals surface area (Å²) >= 11 is 0. The average molecular weight is 197 g/mol. The lowest BCUT2D eigenvalue weighted by molar-refractivity contribution is -0.142. The Hall–Kier alpha value is -0.660. The fraction of sp³-hybridized carbons (Fsp3) is 0.800. The highest BCUT2D eigenvalue weighted by molar-refractivity contribution is 7.87. The zero-order valence-electron chi connectivity index (χ0n) is 6.56. The van der Waals surface area contributed by atoms with Crippen molar-refractivity contribution in [2.75, 3.05) is 12.3 Å². The number of aliphatic hydroxyl groups is 1. The molecule has 7 heteroatoms. The number of aliphatic hydroxyl groups excluding tert-OH is 1. The van der Waals surface area contributed by atoms with E-state index in [1.165, 1.54) is 0 Å². The second-order valence-electron chi connectivity index (χ2n) is 2.13. The van der Waals surface area contributed by atoms with Crippen LogP contribution >= 0.6 is 0 Å². The van der Waals surface area contributed by atoms with Crippen molar-refractivity contribution >= 4 is 16.1 Å². The molecule has 0 aromatic rings. The predicted molar refractivity (Wildman–Crippen MR) is 40.6 cm³/mol. The highest BCUT2D eigenvalue weighted by atomic mass is 32.2. The first-order valence-electron chi connectivity index (χ1n) is 3.23. The number of carbonyl (C=O) groups excluding carboxylic acids is 1. The molecule has 0 aromatic carbocycles. The molecule has 0 bridgehead atoms. The fourth-order valence-electron chi connectivity index (χ4n) is 0.381. The number of hydrogen-bond acceptors (Lipinski definition) is 6. The van der Waals surface area contributed by atoms with Crippen LogP contribution < -0.4 is 5.73 Å². The van der Waals surface area contributed by atoms with E-state index in [9.17, 15) is 13.2 Å². The van der Waals surface area contributed by atoms with E-state index >= 15 is 0 Å². The van der Waals surface area contributed by atoms with Crippen molar-refractivity contribution in [3.8, 4) is 0 Å². The lowest BCUT2D eigenvalue weighted by Gasteiger charge is -2.05. The molecule has 3 N–H and O–H groups in total. The summed E-state index contributed by atoms with van der Waals surface area (Å²) in [7, 11) is -3.91. The predicted octanol–water partition coefficient (Wildman–Crippen LogP) is -1.80. The standard InChI is InChI=1S/C5H11NO5S/c1-4(7)5(8)11-12(9,10)3-2-6/h4,7H,2-3,6H2,1H3. The van der Waals surface area contributed by atoms with Crippen LogP contribution in [0.4, 0.5) is 0 Å². The van der Waals surface area contributed by atoms with Gasteiger partial charge in [0, 0.05) is 6.54 Å². The quantitative estimate of drug-likeness (QED) is 0.515. The van der Waals surface area contributed by atoms with Gasteiger partial charge in [0.1, 0.15) is 6.10 Å². The summed E-state index contributed by atoms with van der Waals surface area (Å²) < 4.78 is 25.4. The summed E-state index contributed by atoms with van der Waals surface area (Å²) in [5.41, 5.74) is 4.93. The zero-order chi connectivity index (χ0) is 9.78. The molecule has 6 nitrogen and oxygen atoms in total. The Balaban J connectivity index is 4.17. The largest absolute Gasteiger partial charge is 0.382 e. The van der Waals surface area contributed by atoms with Crippen LogP contribution in [0.5, 0.6) is 0 Å². The molecule has 0 fully saturated rings. The van der Waals surface area contributed by atoms with Crippen LogP contribution in [-0.2, 0) is 19.1 Å². The van der Waals surface area contributed by atoms with Crippen molar-refractivity contribution in [1.29, 1.82) is 0 Å². The van der Waals surface area contributed by atoms with Gasteiger partial charge in [0.05, 0.1) is 5.75 Å². The first-order valence-corrected chi connectivity index (χ1v) is 4.81. The van der Waals surface area contributed by atoms with Gasteiger partial charge < -0.3 is 15.0 Å². The van der Waals surface area contributed by atoms with Crippen LogP contribution in [0.15, 0.2) is 0 Å². The van der Waals surface area contributed by atoms with E-state index in [1.807, 2.05) is 0 Å². The maximum Gasteiger partial charge on any atom is 0.350 e. The van der Waals surface area contributed by atoms with E-state index in [2.05, 4.69) is 4.18 Å². The smallest absolute Gasteiger partial charge is 0.350 e. The summed E-state index contributed by atoms with van der Waals surface area (Å²) in [6.45, 7) is 0.982. The summed E-state index contributed by atoms with van der Waals surface area (Å²) in [5.74, 6) is -1.63. The van der Waals surface area contributed by atoms with Gasteiger partial charge in [-0.2, -0.15) is 8.42 Å². The third kappa shape index (κ3) is 4.27. The molecular formula is C5H11NO5S. The number of carbonyl (C=O) groups is 1. The van der Waals surface area contributed by atoms with E-state index in [4.69, 9.17) is 10.8 Å². The van der Waals surface area contributed by atoms with Gasteiger partial charge in [0.2, 0.25) is 0 Å². The Labute approximate surface area is 70.4 Å². The Bertz CT molecular complexity index is 245. The third-order valence-electron chi connectivity index (χ3n) is 0.918. The van der Waals surface area contributed by atoms with E-state index in [0.717, 1.165) is 6.92 Å². The van der Waals surface area contributed by atoms with Gasteiger partial charge >= 0.3 is 16.1 Å². The molecule has 0 spiro atoms. The molecule has 72 valence electrons. The lowest BCUT2D eigenvalue weighted by Crippen LogP contribution is -2.26. The number of hydrogen-bond donors (Lipinski definition) is 2. The van der Waals surface area contributed by atoms with Gasteiger partial charge in [-0.3, -0.25) is 0 Å². The maximum atomic E-state index is 10.7. The van der Waals surface area contributed by atoms with Crippen LogP contribution in [0.2, 0.25) is 0 Å². The fourth-order valence-corrected chi connectivity index (χ4v) is 1.14. The van der Waals surface area contributed by atoms with Crippen molar-refractivity contribution in [2.24, 2.45) is 5.73 Å². The second-order valence-corrected chi connectivity index (χ2v) is 3.82. The Kier molecular flexibility index (Phi) is 4.15. The molecule has 12 heavy (non-hydrogen) atoms. The first kappa shape index (κ1) is 11.3. The Morgan fingerprint density at radius 3 is 2.50 bits per heavy atom. The molecule has 0 heterocycles. The molecule has 0 saturated carbocycles. The van der Waals surface area contributed by atoms with Crippen molar-refractivity contribution < 1.29 is 22.5 Å². The molecule has 0 aliphatic carbocycles. The first-order chi connectivity index (χ1) is 5.39. The summed E-state index contributed by atoms with van der Waals surface area (Å²) in [6.07, 6.45) is -1.45. The van der Waals surface area contributed by atoms with E-state index < -0.39 is 27.9 Å². The molecular weight excluding hydrogens is 186 g/mol. The average Bonchev–Trinajstić information content (AvgIpc) is 1.85. The number of rotatable bonds is 4. The topological polar surface area (TPSA) is 107 Å². The van der Waals surface area contributed by atoms with E-state index in [-0.39, 0.29) is 6.54 Å². The van der Waals surface area contributed by atoms with Crippen molar-refractivity contribution in [3.05, 3.63) is 0 Å². The van der Waals surface area contributed by atoms with Crippen molar-refractivity contribution in [1.82, 2.24) is 0 Å².